The quantitative estimate of drug-likeness (QED) is 0.541. The van der Waals surface area contributed by atoms with Gasteiger partial charge in [-0.15, -0.1) is 12.4 Å². The number of amides is 1. The zero-order valence-electron chi connectivity index (χ0n) is 16.1. The number of carbonyl (C=O) groups is 1. The average Bonchev–Trinajstić information content (AvgIpc) is 3.03. The average molecular weight is 474 g/mol. The van der Waals surface area contributed by atoms with Gasteiger partial charge in [0.25, 0.3) is 5.91 Å². The number of aromatic nitrogens is 1. The maximum Gasteiger partial charge on any atom is 0.260 e. The van der Waals surface area contributed by atoms with Gasteiger partial charge in [-0.2, -0.15) is 0 Å². The van der Waals surface area contributed by atoms with Crippen LogP contribution < -0.4 is 4.90 Å². The molecular formula is C19H21Cl2N3O3S2. The summed E-state index contributed by atoms with van der Waals surface area (Å²) < 4.78 is 24.6. The fourth-order valence-corrected chi connectivity index (χ4v) is 4.53. The molecule has 0 bridgehead atoms. The maximum absolute atomic E-state index is 13.2. The van der Waals surface area contributed by atoms with E-state index in [1.807, 2.05) is 31.1 Å². The van der Waals surface area contributed by atoms with Crippen molar-refractivity contribution in [3.05, 3.63) is 53.1 Å². The number of thiazole rings is 1. The van der Waals surface area contributed by atoms with Gasteiger partial charge in [-0.25, -0.2) is 13.4 Å². The van der Waals surface area contributed by atoms with Crippen molar-refractivity contribution in [1.82, 2.24) is 9.88 Å². The Morgan fingerprint density at radius 2 is 1.86 bits per heavy atom. The molecule has 0 spiro atoms. The number of nitrogens with zero attached hydrogens (tertiary/aromatic N) is 3. The molecule has 0 atom stereocenters. The van der Waals surface area contributed by atoms with Gasteiger partial charge in [-0.1, -0.05) is 29.0 Å². The molecule has 0 unspecified atom stereocenters. The van der Waals surface area contributed by atoms with Crippen molar-refractivity contribution in [2.45, 2.75) is 4.90 Å². The number of hydrogen-bond donors (Lipinski definition) is 0. The summed E-state index contributed by atoms with van der Waals surface area (Å²) in [5, 5.41) is 1.16. The lowest BCUT2D eigenvalue weighted by Crippen LogP contribution is -2.36. The summed E-state index contributed by atoms with van der Waals surface area (Å²) >= 11 is 7.44. The summed E-state index contributed by atoms with van der Waals surface area (Å²) in [6, 6.07) is 11.5. The molecule has 1 aromatic heterocycles. The zero-order chi connectivity index (χ0) is 20.5. The number of halogens is 2. The van der Waals surface area contributed by atoms with Crippen LogP contribution in [0.15, 0.2) is 47.4 Å². The fourth-order valence-electron chi connectivity index (χ4n) is 2.60. The molecule has 0 fully saturated rings. The van der Waals surface area contributed by atoms with Gasteiger partial charge in [0.15, 0.2) is 15.0 Å². The Morgan fingerprint density at radius 3 is 2.52 bits per heavy atom. The van der Waals surface area contributed by atoms with Crippen LogP contribution in [-0.4, -0.2) is 57.6 Å². The summed E-state index contributed by atoms with van der Waals surface area (Å²) in [6.45, 7) is 1.05. The number of anilines is 1. The summed E-state index contributed by atoms with van der Waals surface area (Å²) in [6.07, 6.45) is 1.12. The predicted octanol–water partition coefficient (Wildman–Crippen LogP) is 3.98. The molecule has 3 rings (SSSR count). The van der Waals surface area contributed by atoms with E-state index in [0.29, 0.717) is 28.8 Å². The Bertz CT molecular complexity index is 1130. The first-order valence-corrected chi connectivity index (χ1v) is 11.6. The normalized spacial score (nSPS) is 11.5. The van der Waals surface area contributed by atoms with Crippen LogP contribution in [0.4, 0.5) is 5.13 Å². The Hall–Kier alpha value is -1.71. The summed E-state index contributed by atoms with van der Waals surface area (Å²) in [7, 11) is 0.437. The summed E-state index contributed by atoms with van der Waals surface area (Å²) in [5.41, 5.74) is 1.07. The van der Waals surface area contributed by atoms with E-state index in [0.717, 1.165) is 16.5 Å². The molecule has 6 nitrogen and oxygen atoms in total. The van der Waals surface area contributed by atoms with Crippen LogP contribution in [0.2, 0.25) is 5.02 Å². The Balaban J connectivity index is 0.00000300. The molecule has 10 heteroatoms. The van der Waals surface area contributed by atoms with Crippen LogP contribution in [0.25, 0.3) is 10.2 Å². The van der Waals surface area contributed by atoms with E-state index in [1.165, 1.54) is 23.5 Å². The van der Waals surface area contributed by atoms with Gasteiger partial charge in [0, 0.05) is 29.9 Å². The lowest BCUT2D eigenvalue weighted by Gasteiger charge is -2.22. The number of likely N-dealkylation sites (N-methyl/N-ethyl adjacent to an activating group) is 1. The SMILES string of the molecule is CN(C)CCN(C(=O)c1cccc(S(C)(=O)=O)c1)c1nc2ccc(Cl)cc2s1.Cl. The van der Waals surface area contributed by atoms with Crippen molar-refractivity contribution in [3.63, 3.8) is 0 Å². The maximum atomic E-state index is 13.2. The van der Waals surface area contributed by atoms with Crippen molar-refractivity contribution in [3.8, 4) is 0 Å². The summed E-state index contributed by atoms with van der Waals surface area (Å²) in [5.74, 6) is -0.294. The minimum absolute atomic E-state index is 0. The van der Waals surface area contributed by atoms with Crippen LogP contribution in [0.5, 0.6) is 0 Å². The molecule has 0 aliphatic carbocycles. The predicted molar refractivity (Wildman–Crippen MR) is 122 cm³/mol. The molecule has 0 radical (unpaired) electrons. The van der Waals surface area contributed by atoms with Crippen molar-refractivity contribution in [2.24, 2.45) is 0 Å². The number of carbonyl (C=O) groups excluding carboxylic acids is 1. The van der Waals surface area contributed by atoms with Gasteiger partial charge in [-0.05, 0) is 50.5 Å². The molecule has 0 N–H and O–H groups in total. The van der Waals surface area contributed by atoms with Crippen LogP contribution in [-0.2, 0) is 9.84 Å². The third-order valence-corrected chi connectivity index (χ3v) is 6.48. The minimum atomic E-state index is -3.41. The van der Waals surface area contributed by atoms with Crippen LogP contribution >= 0.6 is 35.3 Å². The van der Waals surface area contributed by atoms with E-state index in [-0.39, 0.29) is 23.2 Å². The molecule has 3 aromatic rings. The fraction of sp³-hybridized carbons (Fsp3) is 0.263. The monoisotopic (exact) mass is 473 g/mol. The Kier molecular flexibility index (Phi) is 7.64. The minimum Gasteiger partial charge on any atom is -0.308 e. The van der Waals surface area contributed by atoms with Crippen molar-refractivity contribution >= 4 is 66.4 Å². The number of rotatable bonds is 6. The highest BCUT2D eigenvalue weighted by atomic mass is 35.5. The molecule has 156 valence electrons. The number of benzene rings is 2. The van der Waals surface area contributed by atoms with Crippen LogP contribution in [0.3, 0.4) is 0 Å². The highest BCUT2D eigenvalue weighted by molar-refractivity contribution is 7.90. The highest BCUT2D eigenvalue weighted by Crippen LogP contribution is 2.31. The molecule has 0 aliphatic rings. The second kappa shape index (κ2) is 9.40. The van der Waals surface area contributed by atoms with Crippen molar-refractivity contribution in [1.29, 1.82) is 0 Å². The standard InChI is InChI=1S/C19H20ClN3O3S2.ClH/c1-22(2)9-10-23(19-21-16-8-7-14(20)12-17(16)27-19)18(24)13-5-4-6-15(11-13)28(3,25)26;/h4-8,11-12H,9-10H2,1-3H3;1H. The van der Waals surface area contributed by atoms with E-state index in [2.05, 4.69) is 4.98 Å². The van der Waals surface area contributed by atoms with E-state index >= 15 is 0 Å². The topological polar surface area (TPSA) is 70.6 Å². The first kappa shape index (κ1) is 23.6. The second-order valence-electron chi connectivity index (χ2n) is 6.67. The van der Waals surface area contributed by atoms with Gasteiger partial charge in [0.2, 0.25) is 0 Å². The molecule has 0 aliphatic heterocycles. The molecule has 1 heterocycles. The molecule has 0 saturated carbocycles. The smallest absolute Gasteiger partial charge is 0.260 e. The summed E-state index contributed by atoms with van der Waals surface area (Å²) in [4.78, 5) is 21.5. The van der Waals surface area contributed by atoms with Gasteiger partial charge in [0.05, 0.1) is 15.1 Å². The lowest BCUT2D eigenvalue weighted by molar-refractivity contribution is 0.0985. The van der Waals surface area contributed by atoms with Gasteiger partial charge >= 0.3 is 0 Å². The lowest BCUT2D eigenvalue weighted by atomic mass is 10.2. The van der Waals surface area contributed by atoms with Crippen molar-refractivity contribution < 1.29 is 13.2 Å². The van der Waals surface area contributed by atoms with E-state index in [9.17, 15) is 13.2 Å². The van der Waals surface area contributed by atoms with Crippen LogP contribution in [0.1, 0.15) is 10.4 Å². The Morgan fingerprint density at radius 1 is 1.14 bits per heavy atom. The largest absolute Gasteiger partial charge is 0.308 e. The molecule has 2 aromatic carbocycles. The van der Waals surface area contributed by atoms with Gasteiger partial charge in [-0.3, -0.25) is 9.69 Å². The molecule has 29 heavy (non-hydrogen) atoms. The third kappa shape index (κ3) is 5.67. The van der Waals surface area contributed by atoms with Crippen LogP contribution in [0, 0.1) is 0 Å². The van der Waals surface area contributed by atoms with E-state index < -0.39 is 9.84 Å². The first-order valence-electron chi connectivity index (χ1n) is 8.48. The Labute approximate surface area is 185 Å². The number of sulfone groups is 1. The molecule has 1 amide bonds. The first-order chi connectivity index (χ1) is 13.1. The van der Waals surface area contributed by atoms with E-state index in [4.69, 9.17) is 11.6 Å². The van der Waals surface area contributed by atoms with E-state index in [1.54, 1.807) is 23.1 Å². The zero-order valence-corrected chi connectivity index (χ0v) is 19.3. The molecular weight excluding hydrogens is 453 g/mol. The second-order valence-corrected chi connectivity index (χ2v) is 10.1. The van der Waals surface area contributed by atoms with Crippen molar-refractivity contribution in [2.75, 3.05) is 38.3 Å². The van der Waals surface area contributed by atoms with Gasteiger partial charge < -0.3 is 4.90 Å². The third-order valence-electron chi connectivity index (χ3n) is 4.10. The molecule has 0 saturated heterocycles. The number of hydrogen-bond acceptors (Lipinski definition) is 6. The van der Waals surface area contributed by atoms with Gasteiger partial charge in [0.1, 0.15) is 0 Å². The highest BCUT2D eigenvalue weighted by Gasteiger charge is 2.22. The number of fused-ring (bicyclic) bond motifs is 1.